The Morgan fingerprint density at radius 2 is 1.75 bits per heavy atom. The molecular formula is C18H14Cl4N4OS. The van der Waals surface area contributed by atoms with Crippen LogP contribution in [-0.2, 0) is 11.3 Å². The number of benzene rings is 2. The van der Waals surface area contributed by atoms with Crippen molar-refractivity contribution in [1.29, 1.82) is 0 Å². The van der Waals surface area contributed by atoms with Gasteiger partial charge in [0.05, 0.1) is 21.5 Å². The summed E-state index contributed by atoms with van der Waals surface area (Å²) >= 11 is 25.5. The molecule has 0 fully saturated rings. The minimum absolute atomic E-state index is 0.134. The van der Waals surface area contributed by atoms with Crippen LogP contribution in [0.3, 0.4) is 0 Å². The molecule has 3 rings (SSSR count). The lowest BCUT2D eigenvalue weighted by Gasteiger charge is -2.09. The molecule has 0 radical (unpaired) electrons. The highest BCUT2D eigenvalue weighted by atomic mass is 35.5. The van der Waals surface area contributed by atoms with Crippen molar-refractivity contribution < 1.29 is 4.79 Å². The van der Waals surface area contributed by atoms with Crippen LogP contribution in [0, 0.1) is 0 Å². The predicted molar refractivity (Wildman–Crippen MR) is 117 cm³/mol. The summed E-state index contributed by atoms with van der Waals surface area (Å²) in [6, 6.07) is 10.1. The SMILES string of the molecule is CCn1c(SCC(=O)Nc2cc(Cl)ccc2Cl)nnc1-c1ccc(Cl)cc1Cl. The summed E-state index contributed by atoms with van der Waals surface area (Å²) in [5.41, 5.74) is 1.19. The highest BCUT2D eigenvalue weighted by Crippen LogP contribution is 2.31. The lowest BCUT2D eigenvalue weighted by Crippen LogP contribution is -2.15. The first-order valence-corrected chi connectivity index (χ1v) is 10.6. The molecule has 1 N–H and O–H groups in total. The highest BCUT2D eigenvalue weighted by molar-refractivity contribution is 7.99. The largest absolute Gasteiger partial charge is 0.324 e. The summed E-state index contributed by atoms with van der Waals surface area (Å²) in [4.78, 5) is 12.3. The first kappa shape index (κ1) is 21.3. The number of hydrogen-bond acceptors (Lipinski definition) is 4. The van der Waals surface area contributed by atoms with E-state index in [1.807, 2.05) is 11.5 Å². The van der Waals surface area contributed by atoms with Gasteiger partial charge in [0.1, 0.15) is 0 Å². The molecule has 0 aliphatic rings. The van der Waals surface area contributed by atoms with Gasteiger partial charge in [-0.1, -0.05) is 58.2 Å². The molecule has 0 unspecified atom stereocenters. The summed E-state index contributed by atoms with van der Waals surface area (Å²) in [5, 5.41) is 13.7. The fraction of sp³-hybridized carbons (Fsp3) is 0.167. The fourth-order valence-corrected chi connectivity index (χ4v) is 4.09. The zero-order valence-electron chi connectivity index (χ0n) is 14.5. The average molecular weight is 476 g/mol. The Balaban J connectivity index is 1.73. The Morgan fingerprint density at radius 1 is 1.04 bits per heavy atom. The summed E-state index contributed by atoms with van der Waals surface area (Å²) in [6.45, 7) is 2.58. The number of hydrogen-bond donors (Lipinski definition) is 1. The number of carbonyl (C=O) groups is 1. The van der Waals surface area contributed by atoms with E-state index in [0.717, 1.165) is 5.56 Å². The lowest BCUT2D eigenvalue weighted by molar-refractivity contribution is -0.113. The highest BCUT2D eigenvalue weighted by Gasteiger charge is 2.17. The molecule has 0 aliphatic heterocycles. The summed E-state index contributed by atoms with van der Waals surface area (Å²) in [7, 11) is 0. The van der Waals surface area contributed by atoms with Crippen molar-refractivity contribution in [3.8, 4) is 11.4 Å². The van der Waals surface area contributed by atoms with E-state index < -0.39 is 0 Å². The molecule has 0 saturated heterocycles. The minimum atomic E-state index is -0.231. The van der Waals surface area contributed by atoms with Crippen LogP contribution in [0.2, 0.25) is 20.1 Å². The maximum Gasteiger partial charge on any atom is 0.234 e. The third-order valence-corrected chi connectivity index (χ3v) is 5.82. The molecule has 2 aromatic carbocycles. The van der Waals surface area contributed by atoms with Crippen LogP contribution < -0.4 is 5.32 Å². The fourth-order valence-electron chi connectivity index (χ4n) is 2.46. The Labute approximate surface area is 186 Å². The van der Waals surface area contributed by atoms with Crippen LogP contribution in [0.5, 0.6) is 0 Å². The van der Waals surface area contributed by atoms with Crippen LogP contribution in [0.1, 0.15) is 6.92 Å². The van der Waals surface area contributed by atoms with Gasteiger partial charge in [0.15, 0.2) is 11.0 Å². The maximum atomic E-state index is 12.3. The van der Waals surface area contributed by atoms with Crippen LogP contribution in [0.4, 0.5) is 5.69 Å². The van der Waals surface area contributed by atoms with E-state index in [9.17, 15) is 4.79 Å². The van der Waals surface area contributed by atoms with Crippen LogP contribution >= 0.6 is 58.2 Å². The second-order valence-electron chi connectivity index (χ2n) is 5.64. The summed E-state index contributed by atoms with van der Waals surface area (Å²) in [5.74, 6) is 0.519. The number of anilines is 1. The smallest absolute Gasteiger partial charge is 0.234 e. The van der Waals surface area contributed by atoms with Gasteiger partial charge in [-0.15, -0.1) is 10.2 Å². The number of aromatic nitrogens is 3. The summed E-state index contributed by atoms with van der Waals surface area (Å²) in [6.07, 6.45) is 0. The van der Waals surface area contributed by atoms with Crippen LogP contribution in [0.15, 0.2) is 41.6 Å². The van der Waals surface area contributed by atoms with E-state index >= 15 is 0 Å². The van der Waals surface area contributed by atoms with Gasteiger partial charge in [0, 0.05) is 22.2 Å². The number of thioether (sulfide) groups is 1. The van der Waals surface area contributed by atoms with Gasteiger partial charge < -0.3 is 9.88 Å². The Hall–Kier alpha value is -1.44. The van der Waals surface area contributed by atoms with Crippen molar-refractivity contribution in [2.45, 2.75) is 18.6 Å². The van der Waals surface area contributed by atoms with Gasteiger partial charge >= 0.3 is 0 Å². The lowest BCUT2D eigenvalue weighted by atomic mass is 10.2. The summed E-state index contributed by atoms with van der Waals surface area (Å²) < 4.78 is 1.89. The molecule has 0 spiro atoms. The van der Waals surface area contributed by atoms with Gasteiger partial charge in [-0.3, -0.25) is 4.79 Å². The first-order chi connectivity index (χ1) is 13.4. The van der Waals surface area contributed by atoms with Gasteiger partial charge in [0.2, 0.25) is 5.91 Å². The molecule has 5 nitrogen and oxygen atoms in total. The third-order valence-electron chi connectivity index (χ3n) is 3.74. The van der Waals surface area contributed by atoms with E-state index in [4.69, 9.17) is 46.4 Å². The Bertz CT molecular complexity index is 1020. The number of carbonyl (C=O) groups excluding carboxylic acids is 1. The number of nitrogens with zero attached hydrogens (tertiary/aromatic N) is 3. The van der Waals surface area contributed by atoms with E-state index in [1.54, 1.807) is 36.4 Å². The minimum Gasteiger partial charge on any atom is -0.324 e. The molecule has 0 atom stereocenters. The Kier molecular flexibility index (Phi) is 7.12. The molecule has 0 bridgehead atoms. The average Bonchev–Trinajstić information content (AvgIpc) is 3.05. The molecular weight excluding hydrogens is 462 g/mol. The zero-order valence-corrected chi connectivity index (χ0v) is 18.4. The van der Waals surface area contributed by atoms with Crippen molar-refractivity contribution in [1.82, 2.24) is 14.8 Å². The molecule has 146 valence electrons. The van der Waals surface area contributed by atoms with Gasteiger partial charge in [-0.05, 0) is 43.3 Å². The quantitative estimate of drug-likeness (QED) is 0.424. The van der Waals surface area contributed by atoms with Crippen molar-refractivity contribution >= 4 is 69.8 Å². The molecule has 1 aromatic heterocycles. The zero-order chi connectivity index (χ0) is 20.3. The second kappa shape index (κ2) is 9.37. The molecule has 10 heteroatoms. The molecule has 1 amide bonds. The second-order valence-corrected chi connectivity index (χ2v) is 8.27. The van der Waals surface area contributed by atoms with Crippen LogP contribution in [0.25, 0.3) is 11.4 Å². The van der Waals surface area contributed by atoms with Crippen molar-refractivity contribution in [2.75, 3.05) is 11.1 Å². The maximum absolute atomic E-state index is 12.3. The molecule has 28 heavy (non-hydrogen) atoms. The van der Waals surface area contributed by atoms with Gasteiger partial charge in [-0.2, -0.15) is 0 Å². The number of halogens is 4. The van der Waals surface area contributed by atoms with E-state index in [-0.39, 0.29) is 11.7 Å². The number of nitrogens with one attached hydrogen (secondary N) is 1. The molecule has 3 aromatic rings. The number of amides is 1. The third kappa shape index (κ3) is 4.93. The van der Waals surface area contributed by atoms with Crippen LogP contribution in [-0.4, -0.2) is 26.4 Å². The molecule has 1 heterocycles. The first-order valence-electron chi connectivity index (χ1n) is 8.15. The predicted octanol–water partition coefficient (Wildman–Crippen LogP) is 6.31. The van der Waals surface area contributed by atoms with E-state index in [1.165, 1.54) is 11.8 Å². The monoisotopic (exact) mass is 474 g/mol. The van der Waals surface area contributed by atoms with Gasteiger partial charge in [-0.25, -0.2) is 0 Å². The number of rotatable bonds is 6. The van der Waals surface area contributed by atoms with Gasteiger partial charge in [0.25, 0.3) is 0 Å². The van der Waals surface area contributed by atoms with Crippen molar-refractivity contribution in [2.24, 2.45) is 0 Å². The van der Waals surface area contributed by atoms with Crippen molar-refractivity contribution in [3.05, 3.63) is 56.5 Å². The van der Waals surface area contributed by atoms with E-state index in [0.29, 0.717) is 43.3 Å². The molecule has 0 saturated carbocycles. The Morgan fingerprint density at radius 3 is 2.46 bits per heavy atom. The van der Waals surface area contributed by atoms with Crippen molar-refractivity contribution in [3.63, 3.8) is 0 Å². The topological polar surface area (TPSA) is 59.8 Å². The standard InChI is InChI=1S/C18H14Cl4N4OS/c1-2-26-17(12-5-3-10(19)7-14(12)22)24-25-18(26)28-9-16(27)23-15-8-11(20)4-6-13(15)21/h3-8H,2,9H2,1H3,(H,23,27). The normalized spacial score (nSPS) is 10.9. The van der Waals surface area contributed by atoms with E-state index in [2.05, 4.69) is 15.5 Å². The molecule has 0 aliphatic carbocycles.